The van der Waals surface area contributed by atoms with Gasteiger partial charge in [-0.2, -0.15) is 0 Å². The summed E-state index contributed by atoms with van der Waals surface area (Å²) in [6, 6.07) is 22.0. The van der Waals surface area contributed by atoms with Crippen molar-refractivity contribution in [2.24, 2.45) is 0 Å². The van der Waals surface area contributed by atoms with Crippen molar-refractivity contribution in [2.75, 3.05) is 17.5 Å². The second kappa shape index (κ2) is 15.0. The van der Waals surface area contributed by atoms with Crippen LogP contribution in [0.25, 0.3) is 0 Å². The average molecular weight is 606 g/mol. The summed E-state index contributed by atoms with van der Waals surface area (Å²) < 4.78 is 34.8. The van der Waals surface area contributed by atoms with Crippen LogP contribution in [0.4, 0.5) is 5.69 Å². The minimum Gasteiger partial charge on any atom is -0.494 e. The number of hydrogen-bond acceptors (Lipinski definition) is 5. The van der Waals surface area contributed by atoms with E-state index in [1.807, 2.05) is 51.1 Å². The predicted molar refractivity (Wildman–Crippen MR) is 169 cm³/mol. The van der Waals surface area contributed by atoms with E-state index < -0.39 is 28.5 Å². The third-order valence-corrected chi connectivity index (χ3v) is 9.64. The summed E-state index contributed by atoms with van der Waals surface area (Å²) in [4.78, 5) is 29.5. The number of rotatable bonds is 13. The number of aryl methyl sites for hydroxylation is 1. The molecule has 0 bridgehead atoms. The average Bonchev–Trinajstić information content (AvgIpc) is 3.01. The van der Waals surface area contributed by atoms with Gasteiger partial charge in [0.05, 0.1) is 17.2 Å². The molecule has 1 N–H and O–H groups in total. The maximum atomic E-state index is 14.2. The van der Waals surface area contributed by atoms with Gasteiger partial charge in [-0.25, -0.2) is 8.42 Å². The van der Waals surface area contributed by atoms with E-state index in [2.05, 4.69) is 5.32 Å². The number of amides is 2. The summed E-state index contributed by atoms with van der Waals surface area (Å²) in [7, 11) is -4.13. The summed E-state index contributed by atoms with van der Waals surface area (Å²) in [5, 5.41) is 3.18. The van der Waals surface area contributed by atoms with E-state index in [9.17, 15) is 18.0 Å². The van der Waals surface area contributed by atoms with Gasteiger partial charge in [0, 0.05) is 12.6 Å². The molecular weight excluding hydrogens is 562 g/mol. The molecule has 4 rings (SSSR count). The fraction of sp³-hybridized carbons (Fsp3) is 0.412. The van der Waals surface area contributed by atoms with Gasteiger partial charge in [0.25, 0.3) is 10.0 Å². The van der Waals surface area contributed by atoms with Crippen LogP contribution in [-0.4, -0.2) is 50.4 Å². The first-order valence-electron chi connectivity index (χ1n) is 15.2. The van der Waals surface area contributed by atoms with E-state index in [1.54, 1.807) is 48.5 Å². The molecule has 0 radical (unpaired) electrons. The van der Waals surface area contributed by atoms with Gasteiger partial charge in [-0.15, -0.1) is 0 Å². The first-order chi connectivity index (χ1) is 20.7. The molecular formula is C34H43N3O5S. The number of benzene rings is 3. The van der Waals surface area contributed by atoms with Crippen LogP contribution in [0.5, 0.6) is 5.75 Å². The number of ether oxygens (including phenoxy) is 1. The monoisotopic (exact) mass is 605 g/mol. The van der Waals surface area contributed by atoms with Gasteiger partial charge in [-0.05, 0) is 75.1 Å². The van der Waals surface area contributed by atoms with Crippen molar-refractivity contribution in [3.05, 3.63) is 90.0 Å². The number of nitrogens with zero attached hydrogens (tertiary/aromatic N) is 2. The Kier molecular flexibility index (Phi) is 11.2. The minimum atomic E-state index is -4.13. The lowest BCUT2D eigenvalue weighted by Gasteiger charge is -2.34. The SMILES string of the molecule is CCOc1ccc(N(CC(=O)N(Cc2ccccc2)C(CC)C(=O)NC2CCCCC2)S(=O)(=O)c2ccc(C)cc2)cc1. The van der Waals surface area contributed by atoms with Crippen molar-refractivity contribution in [3.8, 4) is 5.75 Å². The molecule has 2 amide bonds. The van der Waals surface area contributed by atoms with Crippen LogP contribution in [0.15, 0.2) is 83.8 Å². The van der Waals surface area contributed by atoms with Gasteiger partial charge >= 0.3 is 0 Å². The van der Waals surface area contributed by atoms with Crippen LogP contribution in [0.1, 0.15) is 63.5 Å². The summed E-state index contributed by atoms with van der Waals surface area (Å²) in [6.07, 6.45) is 5.55. The lowest BCUT2D eigenvalue weighted by molar-refractivity contribution is -0.140. The minimum absolute atomic E-state index is 0.0801. The summed E-state index contributed by atoms with van der Waals surface area (Å²) in [6.45, 7) is 5.82. The zero-order valence-electron chi connectivity index (χ0n) is 25.4. The van der Waals surface area contributed by atoms with Gasteiger partial charge in [0.2, 0.25) is 11.8 Å². The third-order valence-electron chi connectivity index (χ3n) is 7.86. The Labute approximate surface area is 256 Å². The van der Waals surface area contributed by atoms with Crippen molar-refractivity contribution in [1.82, 2.24) is 10.2 Å². The largest absolute Gasteiger partial charge is 0.494 e. The Morgan fingerprint density at radius 2 is 1.56 bits per heavy atom. The third kappa shape index (κ3) is 8.38. The van der Waals surface area contributed by atoms with Crippen LogP contribution in [0, 0.1) is 6.92 Å². The van der Waals surface area contributed by atoms with Crippen molar-refractivity contribution in [2.45, 2.75) is 82.8 Å². The number of nitrogens with one attached hydrogen (secondary N) is 1. The van der Waals surface area contributed by atoms with Crippen LogP contribution >= 0.6 is 0 Å². The predicted octanol–water partition coefficient (Wildman–Crippen LogP) is 5.85. The van der Waals surface area contributed by atoms with Crippen molar-refractivity contribution in [1.29, 1.82) is 0 Å². The zero-order chi connectivity index (χ0) is 30.8. The number of carbonyl (C=O) groups excluding carboxylic acids is 2. The van der Waals surface area contributed by atoms with Crippen molar-refractivity contribution in [3.63, 3.8) is 0 Å². The van der Waals surface area contributed by atoms with E-state index in [1.165, 1.54) is 11.3 Å². The lowest BCUT2D eigenvalue weighted by Crippen LogP contribution is -2.54. The number of sulfonamides is 1. The maximum Gasteiger partial charge on any atom is 0.264 e. The maximum absolute atomic E-state index is 14.2. The van der Waals surface area contributed by atoms with E-state index in [0.29, 0.717) is 24.5 Å². The molecule has 3 aromatic carbocycles. The molecule has 9 heteroatoms. The van der Waals surface area contributed by atoms with Gasteiger partial charge < -0.3 is 15.0 Å². The first kappa shape index (κ1) is 32.1. The fourth-order valence-electron chi connectivity index (χ4n) is 5.49. The normalized spacial score (nSPS) is 14.5. The Bertz CT molecular complexity index is 1440. The molecule has 1 aliphatic carbocycles. The Morgan fingerprint density at radius 3 is 2.16 bits per heavy atom. The number of hydrogen-bond donors (Lipinski definition) is 1. The van der Waals surface area contributed by atoms with Gasteiger partial charge in [-0.1, -0.05) is 74.2 Å². The molecule has 0 aliphatic heterocycles. The van der Waals surface area contributed by atoms with E-state index in [-0.39, 0.29) is 23.4 Å². The molecule has 0 spiro atoms. The molecule has 8 nitrogen and oxygen atoms in total. The van der Waals surface area contributed by atoms with E-state index >= 15 is 0 Å². The molecule has 43 heavy (non-hydrogen) atoms. The van der Waals surface area contributed by atoms with Crippen LogP contribution in [-0.2, 0) is 26.2 Å². The van der Waals surface area contributed by atoms with Crippen LogP contribution in [0.3, 0.4) is 0 Å². The Morgan fingerprint density at radius 1 is 0.907 bits per heavy atom. The molecule has 0 heterocycles. The zero-order valence-corrected chi connectivity index (χ0v) is 26.2. The number of anilines is 1. The standard InChI is InChI=1S/C34H43N3O5S/c1-4-32(34(39)35-28-14-10-7-11-15-28)36(24-27-12-8-6-9-13-27)33(38)25-37(29-18-20-30(21-19-29)42-5-2)43(40,41)31-22-16-26(3)17-23-31/h6,8-9,12-13,16-23,28,32H,4-5,7,10-11,14-15,24-25H2,1-3H3,(H,35,39). The highest BCUT2D eigenvalue weighted by atomic mass is 32.2. The van der Waals surface area contributed by atoms with Gasteiger partial charge in [0.1, 0.15) is 18.3 Å². The topological polar surface area (TPSA) is 96.0 Å². The second-order valence-electron chi connectivity index (χ2n) is 11.0. The summed E-state index contributed by atoms with van der Waals surface area (Å²) in [5.74, 6) is -0.0619. The molecule has 1 aliphatic rings. The van der Waals surface area contributed by atoms with E-state index in [0.717, 1.165) is 41.1 Å². The quantitative estimate of drug-likeness (QED) is 0.264. The fourth-order valence-corrected chi connectivity index (χ4v) is 6.90. The first-order valence-corrected chi connectivity index (χ1v) is 16.6. The van der Waals surface area contributed by atoms with E-state index in [4.69, 9.17) is 4.74 Å². The highest BCUT2D eigenvalue weighted by Crippen LogP contribution is 2.27. The molecule has 0 saturated heterocycles. The smallest absolute Gasteiger partial charge is 0.264 e. The van der Waals surface area contributed by atoms with Gasteiger partial charge in [-0.3, -0.25) is 13.9 Å². The molecule has 1 unspecified atom stereocenters. The summed E-state index contributed by atoms with van der Waals surface area (Å²) in [5.41, 5.74) is 2.11. The highest BCUT2D eigenvalue weighted by Gasteiger charge is 2.34. The molecule has 0 aromatic heterocycles. The number of carbonyl (C=O) groups is 2. The molecule has 230 valence electrons. The van der Waals surface area contributed by atoms with Crippen LogP contribution < -0.4 is 14.4 Å². The van der Waals surface area contributed by atoms with Gasteiger partial charge in [0.15, 0.2) is 0 Å². The lowest BCUT2D eigenvalue weighted by atomic mass is 9.95. The second-order valence-corrected chi connectivity index (χ2v) is 12.9. The molecule has 1 atom stereocenters. The molecule has 1 saturated carbocycles. The Hall–Kier alpha value is -3.85. The van der Waals surface area contributed by atoms with Crippen LogP contribution in [0.2, 0.25) is 0 Å². The highest BCUT2D eigenvalue weighted by molar-refractivity contribution is 7.92. The van der Waals surface area contributed by atoms with Crippen molar-refractivity contribution < 1.29 is 22.7 Å². The summed E-state index contributed by atoms with van der Waals surface area (Å²) >= 11 is 0. The molecule has 1 fully saturated rings. The molecule has 3 aromatic rings. The van der Waals surface area contributed by atoms with Crippen molar-refractivity contribution >= 4 is 27.5 Å². The Balaban J connectivity index is 1.69.